The maximum Gasteiger partial charge on any atom is 0.163 e. The lowest BCUT2D eigenvalue weighted by atomic mass is 9.71. The summed E-state index contributed by atoms with van der Waals surface area (Å²) in [6.45, 7) is 0. The van der Waals surface area contributed by atoms with Crippen molar-refractivity contribution in [2.75, 3.05) is 0 Å². The molecule has 2 heterocycles. The Kier molecular flexibility index (Phi) is 6.73. The summed E-state index contributed by atoms with van der Waals surface area (Å²) < 4.78 is 2.34. The molecular formula is C50H32N4. The van der Waals surface area contributed by atoms with Crippen molar-refractivity contribution in [1.82, 2.24) is 19.5 Å². The zero-order valence-electron chi connectivity index (χ0n) is 29.3. The smallest absolute Gasteiger partial charge is 0.163 e. The Labute approximate surface area is 312 Å². The minimum Gasteiger partial charge on any atom is -0.309 e. The first-order valence-electron chi connectivity index (χ1n) is 18.4. The van der Waals surface area contributed by atoms with E-state index in [1.165, 1.54) is 33.0 Å². The number of aromatic nitrogens is 4. The van der Waals surface area contributed by atoms with E-state index in [1.54, 1.807) is 0 Å². The summed E-state index contributed by atoms with van der Waals surface area (Å²) >= 11 is 0. The van der Waals surface area contributed by atoms with Crippen LogP contribution in [0.25, 0.3) is 72.2 Å². The summed E-state index contributed by atoms with van der Waals surface area (Å²) in [4.78, 5) is 16.3. The third-order valence-corrected chi connectivity index (χ3v) is 11.1. The van der Waals surface area contributed by atoms with Crippen molar-refractivity contribution in [2.45, 2.75) is 5.41 Å². The van der Waals surface area contributed by atoms with Gasteiger partial charge in [0.05, 0.1) is 11.0 Å². The van der Waals surface area contributed by atoms with Crippen LogP contribution in [0.15, 0.2) is 194 Å². The number of hydrogen-bond donors (Lipinski definition) is 0. The third-order valence-electron chi connectivity index (χ3n) is 11.1. The molecule has 0 radical (unpaired) electrons. The van der Waals surface area contributed by atoms with Crippen LogP contribution in [0.5, 0.6) is 0 Å². The lowest BCUT2D eigenvalue weighted by Gasteiger charge is -2.32. The van der Waals surface area contributed by atoms with Crippen LogP contribution in [0, 0.1) is 0 Å². The average Bonchev–Trinajstić information content (AvgIpc) is 3.74. The summed E-state index contributed by atoms with van der Waals surface area (Å²) in [5, 5.41) is 4.65. The summed E-state index contributed by atoms with van der Waals surface area (Å²) in [6, 6.07) is 68.9. The SMILES string of the molecule is c1ccc(-n2c3ccccc3c3cc(-c4nc(-c5ccc6ccccc6c5)nc(C5(c6ccccc6)c6ccccc6-c6ccccc65)n4)ccc32)cc1. The Bertz CT molecular complexity index is 3010. The Balaban J connectivity index is 1.22. The van der Waals surface area contributed by atoms with Gasteiger partial charge in [-0.25, -0.2) is 15.0 Å². The lowest BCUT2D eigenvalue weighted by molar-refractivity contribution is 0.692. The molecule has 0 spiro atoms. The van der Waals surface area contributed by atoms with Crippen LogP contribution in [-0.2, 0) is 5.41 Å². The number of hydrogen-bond acceptors (Lipinski definition) is 3. The van der Waals surface area contributed by atoms with Crippen molar-refractivity contribution < 1.29 is 0 Å². The van der Waals surface area contributed by atoms with Gasteiger partial charge in [-0.2, -0.15) is 0 Å². The molecular weight excluding hydrogens is 657 g/mol. The van der Waals surface area contributed by atoms with E-state index >= 15 is 0 Å². The topological polar surface area (TPSA) is 43.6 Å². The monoisotopic (exact) mass is 688 g/mol. The van der Waals surface area contributed by atoms with Gasteiger partial charge >= 0.3 is 0 Å². The van der Waals surface area contributed by atoms with E-state index in [9.17, 15) is 0 Å². The second-order valence-electron chi connectivity index (χ2n) is 14.0. The van der Waals surface area contributed by atoms with Gasteiger partial charge in [0.15, 0.2) is 17.5 Å². The van der Waals surface area contributed by atoms with E-state index in [1.807, 2.05) is 0 Å². The van der Waals surface area contributed by atoms with Gasteiger partial charge in [-0.1, -0.05) is 152 Å². The van der Waals surface area contributed by atoms with Crippen LogP contribution in [0.3, 0.4) is 0 Å². The molecule has 0 aliphatic heterocycles. The molecule has 54 heavy (non-hydrogen) atoms. The van der Waals surface area contributed by atoms with Gasteiger partial charge in [0, 0.05) is 27.6 Å². The zero-order chi connectivity index (χ0) is 35.6. The Hall–Kier alpha value is -7.17. The summed E-state index contributed by atoms with van der Waals surface area (Å²) in [6.07, 6.45) is 0. The predicted molar refractivity (Wildman–Crippen MR) is 220 cm³/mol. The van der Waals surface area contributed by atoms with Crippen molar-refractivity contribution in [3.63, 3.8) is 0 Å². The Morgan fingerprint density at radius 1 is 0.389 bits per heavy atom. The van der Waals surface area contributed by atoms with Crippen molar-refractivity contribution in [2.24, 2.45) is 0 Å². The number of para-hydroxylation sites is 2. The fourth-order valence-corrected chi connectivity index (χ4v) is 8.70. The number of rotatable bonds is 5. The third kappa shape index (κ3) is 4.47. The fourth-order valence-electron chi connectivity index (χ4n) is 8.70. The van der Waals surface area contributed by atoms with Crippen molar-refractivity contribution >= 4 is 32.6 Å². The molecule has 0 saturated heterocycles. The van der Waals surface area contributed by atoms with Crippen LogP contribution < -0.4 is 0 Å². The molecule has 0 atom stereocenters. The van der Waals surface area contributed by atoms with Gasteiger partial charge < -0.3 is 4.57 Å². The molecule has 0 saturated carbocycles. The van der Waals surface area contributed by atoms with E-state index in [0.717, 1.165) is 44.2 Å². The molecule has 4 nitrogen and oxygen atoms in total. The predicted octanol–water partition coefficient (Wildman–Crippen LogP) is 11.8. The molecule has 0 amide bonds. The Morgan fingerprint density at radius 2 is 0.944 bits per heavy atom. The molecule has 0 fully saturated rings. The first-order valence-corrected chi connectivity index (χ1v) is 18.4. The number of fused-ring (bicyclic) bond motifs is 7. The van der Waals surface area contributed by atoms with Crippen LogP contribution in [0.4, 0.5) is 0 Å². The molecule has 8 aromatic carbocycles. The maximum absolute atomic E-state index is 5.54. The molecule has 252 valence electrons. The first kappa shape index (κ1) is 30.5. The highest BCUT2D eigenvalue weighted by atomic mass is 15.1. The average molecular weight is 689 g/mol. The van der Waals surface area contributed by atoms with E-state index in [-0.39, 0.29) is 0 Å². The van der Waals surface area contributed by atoms with Gasteiger partial charge in [0.2, 0.25) is 0 Å². The molecule has 1 aliphatic carbocycles. The molecule has 4 heteroatoms. The van der Waals surface area contributed by atoms with Gasteiger partial charge in [0.25, 0.3) is 0 Å². The quantitative estimate of drug-likeness (QED) is 0.181. The summed E-state index contributed by atoms with van der Waals surface area (Å²) in [5.74, 6) is 1.98. The summed E-state index contributed by atoms with van der Waals surface area (Å²) in [5.41, 5.74) is 10.4. The largest absolute Gasteiger partial charge is 0.309 e. The molecule has 0 N–H and O–H groups in total. The minimum atomic E-state index is -0.773. The Morgan fingerprint density at radius 3 is 1.69 bits per heavy atom. The second kappa shape index (κ2) is 11.9. The van der Waals surface area contributed by atoms with Gasteiger partial charge in [-0.3, -0.25) is 0 Å². The van der Waals surface area contributed by atoms with Gasteiger partial charge in [-0.05, 0) is 81.1 Å². The van der Waals surface area contributed by atoms with Crippen LogP contribution >= 0.6 is 0 Å². The zero-order valence-corrected chi connectivity index (χ0v) is 29.3. The normalized spacial score (nSPS) is 13.0. The molecule has 11 rings (SSSR count). The van der Waals surface area contributed by atoms with Crippen LogP contribution in [0.2, 0.25) is 0 Å². The molecule has 1 aliphatic rings. The standard InChI is InChI=1S/C50H32N4/c1-3-17-37(18-4-1)50(43-24-12-9-21-39(43)40-22-10-13-25-44(40)50)49-52-47(35-28-27-33-15-7-8-16-34(33)31-35)51-48(53-49)36-29-30-46-42(32-36)41-23-11-14-26-45(41)54(46)38-19-5-2-6-20-38/h1-32H. The summed E-state index contributed by atoms with van der Waals surface area (Å²) in [7, 11) is 0. The van der Waals surface area contributed by atoms with Crippen LogP contribution in [-0.4, -0.2) is 19.5 Å². The van der Waals surface area contributed by atoms with Crippen molar-refractivity contribution in [3.05, 3.63) is 217 Å². The molecule has 2 aromatic heterocycles. The van der Waals surface area contributed by atoms with Crippen LogP contribution in [0.1, 0.15) is 22.5 Å². The van der Waals surface area contributed by atoms with Crippen molar-refractivity contribution in [3.8, 4) is 39.6 Å². The second-order valence-corrected chi connectivity index (χ2v) is 14.0. The van der Waals surface area contributed by atoms with Gasteiger partial charge in [-0.15, -0.1) is 0 Å². The molecule has 0 bridgehead atoms. The van der Waals surface area contributed by atoms with Gasteiger partial charge in [0.1, 0.15) is 5.41 Å². The highest BCUT2D eigenvalue weighted by molar-refractivity contribution is 6.10. The fraction of sp³-hybridized carbons (Fsp3) is 0.0200. The van der Waals surface area contributed by atoms with Crippen molar-refractivity contribution in [1.29, 1.82) is 0 Å². The van der Waals surface area contributed by atoms with E-state index in [4.69, 9.17) is 15.0 Å². The molecule has 10 aromatic rings. The van der Waals surface area contributed by atoms with E-state index < -0.39 is 5.41 Å². The molecule has 0 unspecified atom stereocenters. The minimum absolute atomic E-state index is 0.638. The van der Waals surface area contributed by atoms with E-state index in [2.05, 4.69) is 199 Å². The highest BCUT2D eigenvalue weighted by Gasteiger charge is 2.48. The first-order chi connectivity index (χ1) is 26.8. The number of nitrogens with zero attached hydrogens (tertiary/aromatic N) is 4. The highest BCUT2D eigenvalue weighted by Crippen LogP contribution is 2.55. The lowest BCUT2D eigenvalue weighted by Crippen LogP contribution is -2.31. The number of benzene rings is 8. The van der Waals surface area contributed by atoms with E-state index in [0.29, 0.717) is 17.5 Å². The maximum atomic E-state index is 5.54.